The normalized spacial score (nSPS) is 13.5. The second-order valence-corrected chi connectivity index (χ2v) is 13.2. The number of anilines is 3. The summed E-state index contributed by atoms with van der Waals surface area (Å²) in [5, 5.41) is 6.13. The first-order chi connectivity index (χ1) is 22.2. The zero-order valence-electron chi connectivity index (χ0n) is 28.5. The molecule has 0 radical (unpaired) electrons. The summed E-state index contributed by atoms with van der Waals surface area (Å²) in [6.07, 6.45) is 1.08. The smallest absolute Gasteiger partial charge is 0.308 e. The molecular weight excluding hydrogens is 606 g/mol. The van der Waals surface area contributed by atoms with Crippen LogP contribution in [0.25, 0.3) is 0 Å². The Morgan fingerprint density at radius 2 is 1.23 bits per heavy atom. The van der Waals surface area contributed by atoms with Crippen LogP contribution in [0.3, 0.4) is 0 Å². The van der Waals surface area contributed by atoms with Gasteiger partial charge >= 0.3 is 17.9 Å². The van der Waals surface area contributed by atoms with Crippen LogP contribution in [-0.4, -0.2) is 94.1 Å². The van der Waals surface area contributed by atoms with E-state index in [0.29, 0.717) is 38.5 Å². The molecule has 1 saturated heterocycles. The second kappa shape index (κ2) is 17.4. The number of nitrogens with zero attached hydrogens (tertiary/aromatic N) is 5. The van der Waals surface area contributed by atoms with Crippen molar-refractivity contribution in [2.24, 2.45) is 0 Å². The fraction of sp³-hybridized carbons (Fsp3) is 0.606. The van der Waals surface area contributed by atoms with Crippen molar-refractivity contribution in [3.63, 3.8) is 0 Å². The lowest BCUT2D eigenvalue weighted by molar-refractivity contribution is -0.155. The van der Waals surface area contributed by atoms with E-state index in [9.17, 15) is 19.2 Å². The summed E-state index contributed by atoms with van der Waals surface area (Å²) in [4.78, 5) is 66.5. The molecular formula is C33H49N7O7. The summed E-state index contributed by atoms with van der Waals surface area (Å²) in [7, 11) is 0. The zero-order chi connectivity index (χ0) is 34.5. The van der Waals surface area contributed by atoms with E-state index in [-0.39, 0.29) is 81.1 Å². The molecule has 47 heavy (non-hydrogen) atoms. The Balaban J connectivity index is 1.52. The van der Waals surface area contributed by atoms with E-state index in [1.165, 1.54) is 0 Å². The van der Waals surface area contributed by atoms with Crippen LogP contribution in [0.15, 0.2) is 30.3 Å². The van der Waals surface area contributed by atoms with Crippen LogP contribution in [0.1, 0.15) is 79.2 Å². The summed E-state index contributed by atoms with van der Waals surface area (Å²) in [5.41, 5.74) is -0.249. The fourth-order valence-electron chi connectivity index (χ4n) is 4.51. The molecule has 1 aromatic carbocycles. The van der Waals surface area contributed by atoms with E-state index in [4.69, 9.17) is 14.2 Å². The third-order valence-corrected chi connectivity index (χ3v) is 6.62. The van der Waals surface area contributed by atoms with E-state index >= 15 is 0 Å². The lowest BCUT2D eigenvalue weighted by atomic mass is 10.2. The molecule has 2 heterocycles. The molecule has 0 spiro atoms. The maximum Gasteiger partial charge on any atom is 0.308 e. The average Bonchev–Trinajstić information content (AvgIpc) is 2.99. The Labute approximate surface area is 277 Å². The van der Waals surface area contributed by atoms with E-state index in [2.05, 4.69) is 25.6 Å². The van der Waals surface area contributed by atoms with Gasteiger partial charge in [0, 0.05) is 52.1 Å². The van der Waals surface area contributed by atoms with Gasteiger partial charge in [0.1, 0.15) is 17.8 Å². The van der Waals surface area contributed by atoms with Crippen molar-refractivity contribution >= 4 is 41.7 Å². The average molecular weight is 656 g/mol. The lowest BCUT2D eigenvalue weighted by Crippen LogP contribution is -2.49. The van der Waals surface area contributed by atoms with Crippen LogP contribution in [0.5, 0.6) is 0 Å². The minimum absolute atomic E-state index is 0.0230. The largest absolute Gasteiger partial charge is 0.461 e. The van der Waals surface area contributed by atoms with E-state index in [1.807, 2.05) is 76.8 Å². The van der Waals surface area contributed by atoms with E-state index in [0.717, 1.165) is 5.56 Å². The van der Waals surface area contributed by atoms with Gasteiger partial charge in [0.05, 0.1) is 12.8 Å². The monoisotopic (exact) mass is 655 g/mol. The highest BCUT2D eigenvalue weighted by Gasteiger charge is 2.24. The molecule has 0 bridgehead atoms. The number of hydrogen-bond donors (Lipinski definition) is 2. The molecule has 3 rings (SSSR count). The van der Waals surface area contributed by atoms with Gasteiger partial charge < -0.3 is 34.6 Å². The number of esters is 3. The van der Waals surface area contributed by atoms with Crippen LogP contribution in [0.4, 0.5) is 17.8 Å². The fourth-order valence-corrected chi connectivity index (χ4v) is 4.51. The number of piperazine rings is 1. The first kappa shape index (κ1) is 37.0. The third kappa shape index (κ3) is 14.6. The standard InChI is InChI=1S/C33H49N7O7/c1-32(2,3)46-27(43)15-17-34-29-36-30(35-18-16-28(44)47-33(4,5)6)38-31(37-29)40-21-19-39(20-22-40)25(41)13-10-14-26(42)45-23-24-11-8-7-9-12-24/h7-9,11-12H,10,13-23H2,1-6H3,(H2,34,35,36,37,38). The van der Waals surface area contributed by atoms with Crippen LogP contribution >= 0.6 is 0 Å². The predicted molar refractivity (Wildman–Crippen MR) is 177 cm³/mol. The van der Waals surface area contributed by atoms with Crippen LogP contribution < -0.4 is 15.5 Å². The van der Waals surface area contributed by atoms with Gasteiger partial charge in [-0.15, -0.1) is 0 Å². The molecule has 0 atom stereocenters. The first-order valence-corrected chi connectivity index (χ1v) is 16.1. The molecule has 2 aromatic rings. The maximum atomic E-state index is 12.8. The Bertz CT molecular complexity index is 1280. The summed E-state index contributed by atoms with van der Waals surface area (Å²) in [5.74, 6) is -0.128. The lowest BCUT2D eigenvalue weighted by Gasteiger charge is -2.35. The van der Waals surface area contributed by atoms with Crippen LogP contribution in [-0.2, 0) is 40.0 Å². The van der Waals surface area contributed by atoms with Gasteiger partial charge in [-0.3, -0.25) is 19.2 Å². The summed E-state index contributed by atoms with van der Waals surface area (Å²) >= 11 is 0. The number of carbonyl (C=O) groups is 4. The number of benzene rings is 1. The van der Waals surface area contributed by atoms with Gasteiger partial charge in [0.2, 0.25) is 23.8 Å². The minimum Gasteiger partial charge on any atom is -0.461 e. The Kier molecular flexibility index (Phi) is 13.7. The van der Waals surface area contributed by atoms with Crippen molar-refractivity contribution in [1.82, 2.24) is 19.9 Å². The molecule has 0 unspecified atom stereocenters. The highest BCUT2D eigenvalue weighted by atomic mass is 16.6. The molecule has 0 saturated carbocycles. The molecule has 14 heteroatoms. The second-order valence-electron chi connectivity index (χ2n) is 13.2. The molecule has 0 aliphatic carbocycles. The quantitative estimate of drug-likeness (QED) is 0.211. The number of hydrogen-bond acceptors (Lipinski definition) is 13. The van der Waals surface area contributed by atoms with Gasteiger partial charge in [-0.25, -0.2) is 0 Å². The SMILES string of the molecule is CC(C)(C)OC(=O)CCNc1nc(NCCC(=O)OC(C)(C)C)nc(N2CCN(C(=O)CCCC(=O)OCc3ccccc3)CC2)n1. The van der Waals surface area contributed by atoms with Crippen molar-refractivity contribution in [2.45, 2.75) is 91.5 Å². The molecule has 14 nitrogen and oxygen atoms in total. The molecule has 1 fully saturated rings. The number of aromatic nitrogens is 3. The summed E-state index contributed by atoms with van der Waals surface area (Å²) in [6.45, 7) is 13.5. The summed E-state index contributed by atoms with van der Waals surface area (Å²) in [6, 6.07) is 9.46. The van der Waals surface area contributed by atoms with Gasteiger partial charge in [-0.1, -0.05) is 30.3 Å². The van der Waals surface area contributed by atoms with Crippen LogP contribution in [0, 0.1) is 0 Å². The van der Waals surface area contributed by atoms with Gasteiger partial charge in [-0.05, 0) is 53.5 Å². The Morgan fingerprint density at radius 3 is 1.74 bits per heavy atom. The van der Waals surface area contributed by atoms with E-state index in [1.54, 1.807) is 4.90 Å². The first-order valence-electron chi connectivity index (χ1n) is 16.1. The van der Waals surface area contributed by atoms with Gasteiger partial charge in [0.25, 0.3) is 0 Å². The molecule has 2 N–H and O–H groups in total. The summed E-state index contributed by atoms with van der Waals surface area (Å²) < 4.78 is 16.0. The zero-order valence-corrected chi connectivity index (χ0v) is 28.5. The Hall–Kier alpha value is -4.49. The topological polar surface area (TPSA) is 165 Å². The van der Waals surface area contributed by atoms with Gasteiger partial charge in [0.15, 0.2) is 0 Å². The number of ether oxygens (including phenoxy) is 3. The molecule has 1 amide bonds. The van der Waals surface area contributed by atoms with Gasteiger partial charge in [-0.2, -0.15) is 15.0 Å². The van der Waals surface area contributed by atoms with E-state index < -0.39 is 11.2 Å². The van der Waals surface area contributed by atoms with Crippen molar-refractivity contribution in [3.8, 4) is 0 Å². The van der Waals surface area contributed by atoms with Crippen molar-refractivity contribution in [1.29, 1.82) is 0 Å². The Morgan fingerprint density at radius 1 is 0.702 bits per heavy atom. The van der Waals surface area contributed by atoms with Crippen molar-refractivity contribution in [3.05, 3.63) is 35.9 Å². The third-order valence-electron chi connectivity index (χ3n) is 6.62. The number of carbonyl (C=O) groups excluding carboxylic acids is 4. The number of nitrogens with one attached hydrogen (secondary N) is 2. The molecule has 1 aliphatic heterocycles. The highest BCUT2D eigenvalue weighted by Crippen LogP contribution is 2.18. The molecule has 258 valence electrons. The predicted octanol–water partition coefficient (Wildman–Crippen LogP) is 3.72. The number of rotatable bonds is 15. The maximum absolute atomic E-state index is 12.8. The van der Waals surface area contributed by atoms with Crippen molar-refractivity contribution < 1.29 is 33.4 Å². The van der Waals surface area contributed by atoms with Crippen molar-refractivity contribution in [2.75, 3.05) is 54.8 Å². The molecule has 1 aliphatic rings. The molecule has 1 aromatic heterocycles. The number of amides is 1. The highest BCUT2D eigenvalue weighted by molar-refractivity contribution is 5.77. The van der Waals surface area contributed by atoms with Crippen LogP contribution in [0.2, 0.25) is 0 Å². The minimum atomic E-state index is -0.583.